The van der Waals surface area contributed by atoms with Crippen molar-refractivity contribution in [2.45, 2.75) is 51.0 Å². The van der Waals surface area contributed by atoms with Crippen LogP contribution < -0.4 is 10.0 Å². The lowest BCUT2D eigenvalue weighted by Gasteiger charge is -2.15. The van der Waals surface area contributed by atoms with Gasteiger partial charge in [-0.15, -0.1) is 11.3 Å². The normalized spacial score (nSPS) is 11.8. The minimum Gasteiger partial charge on any atom is -0.462 e. The Hall–Kier alpha value is -4.48. The third-order valence-corrected chi connectivity index (χ3v) is 8.92. The SMILES string of the molecule is CCCCc1ccc(NS(=O)(=O)c2cccc(C(=O)O[C@@H](C)C(=O)Nc3scc(-c4ccccc4)c3C(=O)OCC)c2)cc1. The zero-order chi connectivity index (χ0) is 31.7. The molecule has 4 rings (SSSR count). The molecule has 0 bridgehead atoms. The molecule has 3 aromatic carbocycles. The molecule has 230 valence electrons. The second-order valence-corrected chi connectivity index (χ2v) is 12.5. The van der Waals surface area contributed by atoms with Gasteiger partial charge in [-0.1, -0.05) is 61.9 Å². The molecule has 0 aliphatic carbocycles. The Bertz CT molecular complexity index is 1720. The molecule has 44 heavy (non-hydrogen) atoms. The largest absolute Gasteiger partial charge is 0.462 e. The highest BCUT2D eigenvalue weighted by atomic mass is 32.2. The Kier molecular flexibility index (Phi) is 10.9. The van der Waals surface area contributed by atoms with E-state index in [9.17, 15) is 22.8 Å². The number of esters is 2. The number of rotatable bonds is 13. The van der Waals surface area contributed by atoms with E-state index in [0.717, 1.165) is 41.7 Å². The van der Waals surface area contributed by atoms with Gasteiger partial charge >= 0.3 is 11.9 Å². The van der Waals surface area contributed by atoms with Crippen LogP contribution in [0.25, 0.3) is 11.1 Å². The summed E-state index contributed by atoms with van der Waals surface area (Å²) >= 11 is 1.15. The molecule has 1 atom stereocenters. The van der Waals surface area contributed by atoms with Gasteiger partial charge in [0.1, 0.15) is 10.6 Å². The summed E-state index contributed by atoms with van der Waals surface area (Å²) in [6.07, 6.45) is 1.77. The van der Waals surface area contributed by atoms with Crippen LogP contribution in [0.4, 0.5) is 10.7 Å². The topological polar surface area (TPSA) is 128 Å². The average Bonchev–Trinajstić information content (AvgIpc) is 3.44. The summed E-state index contributed by atoms with van der Waals surface area (Å²) < 4.78 is 39.2. The lowest BCUT2D eigenvalue weighted by atomic mass is 10.0. The monoisotopic (exact) mass is 634 g/mol. The molecule has 1 heterocycles. The molecular weight excluding hydrogens is 601 g/mol. The fourth-order valence-corrected chi connectivity index (χ4v) is 6.37. The minimum absolute atomic E-state index is 0.0443. The summed E-state index contributed by atoms with van der Waals surface area (Å²) in [5.74, 6) is -2.14. The van der Waals surface area contributed by atoms with E-state index < -0.39 is 34.0 Å². The molecule has 1 aromatic heterocycles. The Morgan fingerprint density at radius 2 is 1.64 bits per heavy atom. The van der Waals surface area contributed by atoms with Crippen LogP contribution in [-0.4, -0.2) is 39.0 Å². The van der Waals surface area contributed by atoms with Crippen LogP contribution >= 0.6 is 11.3 Å². The molecule has 0 radical (unpaired) electrons. The van der Waals surface area contributed by atoms with E-state index in [1.807, 2.05) is 42.5 Å². The maximum Gasteiger partial charge on any atom is 0.341 e. The molecule has 0 aliphatic rings. The number of thiophene rings is 1. The van der Waals surface area contributed by atoms with Crippen LogP contribution in [0.3, 0.4) is 0 Å². The molecule has 0 aliphatic heterocycles. The van der Waals surface area contributed by atoms with Crippen molar-refractivity contribution in [3.05, 3.63) is 101 Å². The zero-order valence-corrected chi connectivity index (χ0v) is 26.3. The van der Waals surface area contributed by atoms with Crippen LogP contribution in [0, 0.1) is 0 Å². The number of hydrogen-bond acceptors (Lipinski definition) is 8. The molecule has 11 heteroatoms. The molecule has 0 fully saturated rings. The first kappa shape index (κ1) is 32.4. The number of anilines is 2. The third kappa shape index (κ3) is 8.12. The number of unbranched alkanes of at least 4 members (excludes halogenated alkanes) is 1. The Morgan fingerprint density at radius 3 is 2.32 bits per heavy atom. The standard InChI is InChI=1S/C33H34N2O7S2/c1-4-6-11-23-16-18-26(19-17-23)35-44(39,40)27-15-10-14-25(20-27)32(37)42-22(3)30(36)34-31-29(33(38)41-5-2)28(21-43-31)24-12-8-7-9-13-24/h7-10,12-22,35H,4-6,11H2,1-3H3,(H,34,36)/t22-/m0/s1. The van der Waals surface area contributed by atoms with Gasteiger partial charge in [0.05, 0.1) is 17.1 Å². The van der Waals surface area contributed by atoms with Crippen molar-refractivity contribution in [2.24, 2.45) is 0 Å². The Morgan fingerprint density at radius 1 is 0.909 bits per heavy atom. The quantitative estimate of drug-likeness (QED) is 0.153. The molecular formula is C33H34N2O7S2. The van der Waals surface area contributed by atoms with E-state index >= 15 is 0 Å². The number of aryl methyl sites for hydroxylation is 1. The van der Waals surface area contributed by atoms with Gasteiger partial charge < -0.3 is 14.8 Å². The lowest BCUT2D eigenvalue weighted by Crippen LogP contribution is -2.30. The molecule has 0 saturated heterocycles. The number of carbonyl (C=O) groups is 3. The highest BCUT2D eigenvalue weighted by Gasteiger charge is 2.26. The highest BCUT2D eigenvalue weighted by Crippen LogP contribution is 2.36. The second kappa shape index (κ2) is 14.8. The molecule has 0 spiro atoms. The predicted molar refractivity (Wildman–Crippen MR) is 172 cm³/mol. The Balaban J connectivity index is 1.44. The van der Waals surface area contributed by atoms with E-state index in [1.165, 1.54) is 31.2 Å². The predicted octanol–water partition coefficient (Wildman–Crippen LogP) is 6.92. The van der Waals surface area contributed by atoms with Crippen LogP contribution in [-0.2, 0) is 30.7 Å². The fraction of sp³-hybridized carbons (Fsp3) is 0.242. The van der Waals surface area contributed by atoms with Gasteiger partial charge in [0.25, 0.3) is 15.9 Å². The number of carbonyl (C=O) groups excluding carboxylic acids is 3. The molecule has 2 N–H and O–H groups in total. The number of benzene rings is 3. The number of sulfonamides is 1. The molecule has 1 amide bonds. The van der Waals surface area contributed by atoms with Gasteiger partial charge in [-0.2, -0.15) is 0 Å². The van der Waals surface area contributed by atoms with Gasteiger partial charge in [0.2, 0.25) is 0 Å². The third-order valence-electron chi connectivity index (χ3n) is 6.65. The summed E-state index contributed by atoms with van der Waals surface area (Å²) in [6, 6.07) is 21.7. The minimum atomic E-state index is -4.00. The lowest BCUT2D eigenvalue weighted by molar-refractivity contribution is -0.123. The van der Waals surface area contributed by atoms with Crippen molar-refractivity contribution in [2.75, 3.05) is 16.6 Å². The van der Waals surface area contributed by atoms with Gasteiger partial charge in [-0.3, -0.25) is 9.52 Å². The summed E-state index contributed by atoms with van der Waals surface area (Å²) in [6.45, 7) is 5.33. The number of hydrogen-bond donors (Lipinski definition) is 2. The van der Waals surface area contributed by atoms with E-state index in [-0.39, 0.29) is 27.6 Å². The maximum atomic E-state index is 13.0. The van der Waals surface area contributed by atoms with E-state index in [0.29, 0.717) is 11.3 Å². The van der Waals surface area contributed by atoms with E-state index in [2.05, 4.69) is 17.0 Å². The first-order valence-corrected chi connectivity index (χ1v) is 16.6. The Labute approximate surface area is 261 Å². The number of amides is 1. The van der Waals surface area contributed by atoms with Crippen molar-refractivity contribution >= 4 is 49.9 Å². The number of ether oxygens (including phenoxy) is 2. The average molecular weight is 635 g/mol. The first-order chi connectivity index (χ1) is 21.1. The summed E-state index contributed by atoms with van der Waals surface area (Å²) in [5.41, 5.74) is 3.06. The summed E-state index contributed by atoms with van der Waals surface area (Å²) in [5, 5.41) is 4.67. The van der Waals surface area contributed by atoms with Gasteiger partial charge in [-0.25, -0.2) is 18.0 Å². The smallest absolute Gasteiger partial charge is 0.341 e. The van der Waals surface area contributed by atoms with Crippen LogP contribution in [0.5, 0.6) is 0 Å². The van der Waals surface area contributed by atoms with Crippen LogP contribution in [0.1, 0.15) is 59.9 Å². The summed E-state index contributed by atoms with van der Waals surface area (Å²) in [4.78, 5) is 38.6. The zero-order valence-electron chi connectivity index (χ0n) is 24.7. The molecule has 9 nitrogen and oxygen atoms in total. The second-order valence-electron chi connectivity index (χ2n) is 9.91. The van der Waals surface area contributed by atoms with Crippen LogP contribution in [0.2, 0.25) is 0 Å². The van der Waals surface area contributed by atoms with E-state index in [4.69, 9.17) is 9.47 Å². The first-order valence-electron chi connectivity index (χ1n) is 14.2. The van der Waals surface area contributed by atoms with Crippen molar-refractivity contribution in [3.63, 3.8) is 0 Å². The van der Waals surface area contributed by atoms with Crippen LogP contribution in [0.15, 0.2) is 89.1 Å². The van der Waals surface area contributed by atoms with Gasteiger partial charge in [0.15, 0.2) is 6.10 Å². The maximum absolute atomic E-state index is 13.0. The molecule has 0 saturated carbocycles. The fourth-order valence-electron chi connectivity index (χ4n) is 4.31. The summed E-state index contributed by atoms with van der Waals surface area (Å²) in [7, 11) is -4.00. The van der Waals surface area contributed by atoms with Crippen molar-refractivity contribution < 1.29 is 32.3 Å². The van der Waals surface area contributed by atoms with Gasteiger partial charge in [0, 0.05) is 16.6 Å². The van der Waals surface area contributed by atoms with Crippen molar-refractivity contribution in [1.29, 1.82) is 0 Å². The van der Waals surface area contributed by atoms with Gasteiger partial charge in [-0.05, 0) is 68.1 Å². The molecule has 0 unspecified atom stereocenters. The van der Waals surface area contributed by atoms with E-state index in [1.54, 1.807) is 24.4 Å². The van der Waals surface area contributed by atoms with Crippen molar-refractivity contribution in [1.82, 2.24) is 0 Å². The number of nitrogens with one attached hydrogen (secondary N) is 2. The van der Waals surface area contributed by atoms with Crippen molar-refractivity contribution in [3.8, 4) is 11.1 Å². The molecule has 4 aromatic rings. The highest BCUT2D eigenvalue weighted by molar-refractivity contribution is 7.92.